The van der Waals surface area contributed by atoms with Gasteiger partial charge < -0.3 is 0 Å². The predicted molar refractivity (Wildman–Crippen MR) is 69.0 cm³/mol. The Labute approximate surface area is 98.9 Å². The maximum absolute atomic E-state index is 12.1. The van der Waals surface area contributed by atoms with Gasteiger partial charge in [-0.1, -0.05) is 58.4 Å². The molecule has 0 fully saturated rings. The van der Waals surface area contributed by atoms with Crippen molar-refractivity contribution in [3.05, 3.63) is 35.4 Å². The largest absolute Gasteiger partial charge is 0.294 e. The molecular formula is C15H22O. The van der Waals surface area contributed by atoms with Crippen molar-refractivity contribution in [2.45, 2.75) is 52.4 Å². The van der Waals surface area contributed by atoms with Gasteiger partial charge in [0.1, 0.15) is 0 Å². The van der Waals surface area contributed by atoms with E-state index >= 15 is 0 Å². The Morgan fingerprint density at radius 3 is 2.38 bits per heavy atom. The smallest absolute Gasteiger partial charge is 0.163 e. The fourth-order valence-electron chi connectivity index (χ4n) is 1.85. The lowest BCUT2D eigenvalue weighted by Gasteiger charge is -2.22. The van der Waals surface area contributed by atoms with Gasteiger partial charge in [0.2, 0.25) is 0 Å². The quantitative estimate of drug-likeness (QED) is 0.686. The summed E-state index contributed by atoms with van der Waals surface area (Å²) in [5.41, 5.74) is 2.11. The van der Waals surface area contributed by atoms with Crippen LogP contribution in [0.25, 0.3) is 0 Å². The van der Waals surface area contributed by atoms with Crippen molar-refractivity contribution >= 4 is 5.78 Å². The second-order valence-corrected chi connectivity index (χ2v) is 5.32. The molecule has 0 aliphatic carbocycles. The second-order valence-electron chi connectivity index (χ2n) is 5.32. The number of hydrogen-bond acceptors (Lipinski definition) is 1. The SMILES string of the molecule is CCCCC(=O)c1ccccc1C(C)(C)C. The molecule has 0 aromatic heterocycles. The number of carbonyl (C=O) groups is 1. The maximum atomic E-state index is 12.1. The molecule has 1 rings (SSSR count). The lowest BCUT2D eigenvalue weighted by Crippen LogP contribution is -2.16. The molecule has 0 aliphatic rings. The average molecular weight is 218 g/mol. The third-order valence-electron chi connectivity index (χ3n) is 2.79. The highest BCUT2D eigenvalue weighted by Gasteiger charge is 2.20. The summed E-state index contributed by atoms with van der Waals surface area (Å²) < 4.78 is 0. The first kappa shape index (κ1) is 13.0. The second kappa shape index (κ2) is 5.29. The number of benzene rings is 1. The van der Waals surface area contributed by atoms with Gasteiger partial charge in [0.15, 0.2) is 5.78 Å². The molecule has 0 bridgehead atoms. The molecule has 0 atom stereocenters. The maximum Gasteiger partial charge on any atom is 0.163 e. The lowest BCUT2D eigenvalue weighted by atomic mass is 9.82. The molecule has 1 nitrogen and oxygen atoms in total. The Morgan fingerprint density at radius 2 is 1.81 bits per heavy atom. The minimum absolute atomic E-state index is 0.0401. The van der Waals surface area contributed by atoms with E-state index in [1.54, 1.807) is 0 Å². The summed E-state index contributed by atoms with van der Waals surface area (Å²) in [6.07, 6.45) is 2.73. The van der Waals surface area contributed by atoms with Crippen LogP contribution in [0.3, 0.4) is 0 Å². The molecule has 88 valence electrons. The van der Waals surface area contributed by atoms with Gasteiger partial charge in [-0.2, -0.15) is 0 Å². The van der Waals surface area contributed by atoms with E-state index in [0.29, 0.717) is 6.42 Å². The number of carbonyl (C=O) groups excluding carboxylic acids is 1. The molecule has 1 heteroatoms. The minimum Gasteiger partial charge on any atom is -0.294 e. The minimum atomic E-state index is 0.0401. The van der Waals surface area contributed by atoms with E-state index in [0.717, 1.165) is 24.0 Å². The summed E-state index contributed by atoms with van der Waals surface area (Å²) >= 11 is 0. The van der Waals surface area contributed by atoms with Gasteiger partial charge in [-0.25, -0.2) is 0 Å². The fraction of sp³-hybridized carbons (Fsp3) is 0.533. The molecule has 0 amide bonds. The number of rotatable bonds is 4. The Kier molecular flexibility index (Phi) is 4.28. The van der Waals surface area contributed by atoms with Crippen LogP contribution < -0.4 is 0 Å². The molecule has 0 heterocycles. The molecule has 0 unspecified atom stereocenters. The number of hydrogen-bond donors (Lipinski definition) is 0. The summed E-state index contributed by atoms with van der Waals surface area (Å²) in [6.45, 7) is 8.57. The van der Waals surface area contributed by atoms with Crippen LogP contribution >= 0.6 is 0 Å². The normalized spacial score (nSPS) is 11.5. The molecule has 16 heavy (non-hydrogen) atoms. The summed E-state index contributed by atoms with van der Waals surface area (Å²) in [6, 6.07) is 7.99. The Bertz CT molecular complexity index is 358. The predicted octanol–water partition coefficient (Wildman–Crippen LogP) is 4.36. The highest BCUT2D eigenvalue weighted by molar-refractivity contribution is 5.97. The first-order chi connectivity index (χ1) is 7.46. The van der Waals surface area contributed by atoms with Crippen LogP contribution in [0.15, 0.2) is 24.3 Å². The highest BCUT2D eigenvalue weighted by atomic mass is 16.1. The van der Waals surface area contributed by atoms with Crippen molar-refractivity contribution in [3.8, 4) is 0 Å². The van der Waals surface area contributed by atoms with Crippen LogP contribution in [0.4, 0.5) is 0 Å². The molecule has 0 N–H and O–H groups in total. The third-order valence-corrected chi connectivity index (χ3v) is 2.79. The fourth-order valence-corrected chi connectivity index (χ4v) is 1.85. The van der Waals surface area contributed by atoms with E-state index < -0.39 is 0 Å². The van der Waals surface area contributed by atoms with Crippen molar-refractivity contribution in [2.75, 3.05) is 0 Å². The summed E-state index contributed by atoms with van der Waals surface area (Å²) in [4.78, 5) is 12.1. The summed E-state index contributed by atoms with van der Waals surface area (Å²) in [5.74, 6) is 0.285. The van der Waals surface area contributed by atoms with Gasteiger partial charge in [-0.15, -0.1) is 0 Å². The average Bonchev–Trinajstić information content (AvgIpc) is 2.24. The first-order valence-corrected chi connectivity index (χ1v) is 6.09. The molecule has 0 aliphatic heterocycles. The van der Waals surface area contributed by atoms with E-state index in [1.165, 1.54) is 0 Å². The Balaban J connectivity index is 3.00. The van der Waals surface area contributed by atoms with Gasteiger partial charge in [0, 0.05) is 12.0 Å². The summed E-state index contributed by atoms with van der Waals surface area (Å²) in [5, 5.41) is 0. The van der Waals surface area contributed by atoms with E-state index in [9.17, 15) is 4.79 Å². The van der Waals surface area contributed by atoms with Gasteiger partial charge in [-0.05, 0) is 17.4 Å². The molecule has 0 radical (unpaired) electrons. The van der Waals surface area contributed by atoms with Crippen LogP contribution in [-0.4, -0.2) is 5.78 Å². The van der Waals surface area contributed by atoms with E-state index in [1.807, 2.05) is 18.2 Å². The van der Waals surface area contributed by atoms with Gasteiger partial charge in [0.25, 0.3) is 0 Å². The number of Topliss-reactive ketones (excluding diaryl/α,β-unsaturated/α-hetero) is 1. The third kappa shape index (κ3) is 3.19. The molecular weight excluding hydrogens is 196 g/mol. The Morgan fingerprint density at radius 1 is 1.19 bits per heavy atom. The van der Waals surface area contributed by atoms with Crippen LogP contribution in [0, 0.1) is 0 Å². The van der Waals surface area contributed by atoms with Crippen molar-refractivity contribution in [1.82, 2.24) is 0 Å². The van der Waals surface area contributed by atoms with Crippen molar-refractivity contribution in [2.24, 2.45) is 0 Å². The van der Waals surface area contributed by atoms with Crippen LogP contribution in [0.5, 0.6) is 0 Å². The van der Waals surface area contributed by atoms with Crippen LogP contribution in [0.1, 0.15) is 62.9 Å². The zero-order valence-corrected chi connectivity index (χ0v) is 10.8. The van der Waals surface area contributed by atoms with Crippen LogP contribution in [-0.2, 0) is 5.41 Å². The zero-order valence-electron chi connectivity index (χ0n) is 10.8. The summed E-state index contributed by atoms with van der Waals surface area (Å²) in [7, 11) is 0. The lowest BCUT2D eigenvalue weighted by molar-refractivity contribution is 0.0977. The zero-order chi connectivity index (χ0) is 12.2. The van der Waals surface area contributed by atoms with E-state index in [4.69, 9.17) is 0 Å². The number of ketones is 1. The number of unbranched alkanes of at least 4 members (excludes halogenated alkanes) is 1. The molecule has 1 aromatic rings. The molecule has 0 spiro atoms. The van der Waals surface area contributed by atoms with Gasteiger partial charge in [-0.3, -0.25) is 4.79 Å². The van der Waals surface area contributed by atoms with E-state index in [2.05, 4.69) is 33.8 Å². The van der Waals surface area contributed by atoms with Gasteiger partial charge in [0.05, 0.1) is 0 Å². The Hall–Kier alpha value is -1.11. The van der Waals surface area contributed by atoms with E-state index in [-0.39, 0.29) is 11.2 Å². The first-order valence-electron chi connectivity index (χ1n) is 6.09. The standard InChI is InChI=1S/C15H22O/c1-5-6-11-14(16)12-9-7-8-10-13(12)15(2,3)4/h7-10H,5-6,11H2,1-4H3. The molecule has 1 aromatic carbocycles. The molecule has 0 saturated heterocycles. The van der Waals surface area contributed by atoms with Crippen molar-refractivity contribution in [1.29, 1.82) is 0 Å². The van der Waals surface area contributed by atoms with Gasteiger partial charge >= 0.3 is 0 Å². The van der Waals surface area contributed by atoms with Crippen LogP contribution in [0.2, 0.25) is 0 Å². The molecule has 0 saturated carbocycles. The highest BCUT2D eigenvalue weighted by Crippen LogP contribution is 2.26. The topological polar surface area (TPSA) is 17.1 Å². The van der Waals surface area contributed by atoms with Crippen molar-refractivity contribution in [3.63, 3.8) is 0 Å². The van der Waals surface area contributed by atoms with Crippen molar-refractivity contribution < 1.29 is 4.79 Å². The monoisotopic (exact) mass is 218 g/mol.